The molecule has 0 amide bonds. The van der Waals surface area contributed by atoms with E-state index >= 15 is 0 Å². The van der Waals surface area contributed by atoms with E-state index in [2.05, 4.69) is 4.98 Å². The molecule has 0 unspecified atom stereocenters. The number of pyridine rings is 1. The molecule has 2 aromatic rings. The number of nitrogens with two attached hydrogens (primary N) is 1. The van der Waals surface area contributed by atoms with Gasteiger partial charge in [0.1, 0.15) is 5.03 Å². The molecule has 3 N–H and O–H groups in total. The lowest BCUT2D eigenvalue weighted by atomic mass is 10.2. The van der Waals surface area contributed by atoms with E-state index in [0.29, 0.717) is 10.7 Å². The Morgan fingerprint density at radius 2 is 2.11 bits per heavy atom. The standard InChI is InChI=1S/C12H9ClN2O2S/c13-8-2-4-11(15-6-8)18-10-3-1-7(12(16)17)5-9(10)14/h1-6H,14H2,(H,16,17). The molecule has 0 atom stereocenters. The number of aromatic carboxylic acids is 1. The highest BCUT2D eigenvalue weighted by molar-refractivity contribution is 7.99. The van der Waals surface area contributed by atoms with Crippen LogP contribution in [0.5, 0.6) is 0 Å². The second kappa shape index (κ2) is 5.29. The molecule has 1 aromatic carbocycles. The van der Waals surface area contributed by atoms with Crippen LogP contribution in [-0.4, -0.2) is 16.1 Å². The van der Waals surface area contributed by atoms with Gasteiger partial charge in [-0.25, -0.2) is 9.78 Å². The maximum absolute atomic E-state index is 10.8. The first-order chi connectivity index (χ1) is 8.56. The van der Waals surface area contributed by atoms with Crippen molar-refractivity contribution >= 4 is 35.0 Å². The van der Waals surface area contributed by atoms with Crippen molar-refractivity contribution in [3.8, 4) is 0 Å². The lowest BCUT2D eigenvalue weighted by Gasteiger charge is -2.05. The molecular weight excluding hydrogens is 272 g/mol. The number of halogens is 1. The van der Waals surface area contributed by atoms with Crippen LogP contribution in [0.2, 0.25) is 5.02 Å². The Labute approximate surface area is 113 Å². The molecule has 2 rings (SSSR count). The molecule has 1 aromatic heterocycles. The number of nitrogen functional groups attached to an aromatic ring is 1. The average Bonchev–Trinajstić information content (AvgIpc) is 2.34. The Balaban J connectivity index is 2.24. The normalized spacial score (nSPS) is 10.3. The van der Waals surface area contributed by atoms with Crippen LogP contribution in [-0.2, 0) is 0 Å². The van der Waals surface area contributed by atoms with E-state index in [4.69, 9.17) is 22.4 Å². The van der Waals surface area contributed by atoms with Crippen LogP contribution in [0.1, 0.15) is 10.4 Å². The summed E-state index contributed by atoms with van der Waals surface area (Å²) in [5.74, 6) is -0.997. The van der Waals surface area contributed by atoms with Crippen molar-refractivity contribution in [2.45, 2.75) is 9.92 Å². The molecule has 0 saturated heterocycles. The zero-order valence-corrected chi connectivity index (χ0v) is 10.7. The number of rotatable bonds is 3. The lowest BCUT2D eigenvalue weighted by molar-refractivity contribution is 0.0697. The van der Waals surface area contributed by atoms with Crippen LogP contribution in [0.4, 0.5) is 5.69 Å². The van der Waals surface area contributed by atoms with Gasteiger partial charge in [-0.05, 0) is 30.3 Å². The summed E-state index contributed by atoms with van der Waals surface area (Å²) in [4.78, 5) is 15.7. The summed E-state index contributed by atoms with van der Waals surface area (Å²) in [5.41, 5.74) is 6.38. The number of carboxylic acids is 1. The van der Waals surface area contributed by atoms with Crippen LogP contribution in [0, 0.1) is 0 Å². The fourth-order valence-electron chi connectivity index (χ4n) is 1.31. The van der Waals surface area contributed by atoms with Gasteiger partial charge in [0.05, 0.1) is 10.6 Å². The summed E-state index contributed by atoms with van der Waals surface area (Å²) in [7, 11) is 0. The summed E-state index contributed by atoms with van der Waals surface area (Å²) in [6.45, 7) is 0. The molecule has 0 saturated carbocycles. The molecule has 18 heavy (non-hydrogen) atoms. The van der Waals surface area contributed by atoms with Crippen LogP contribution < -0.4 is 5.73 Å². The van der Waals surface area contributed by atoms with Crippen LogP contribution in [0.25, 0.3) is 0 Å². The van der Waals surface area contributed by atoms with E-state index in [9.17, 15) is 4.79 Å². The molecule has 0 bridgehead atoms. The van der Waals surface area contributed by atoms with Crippen LogP contribution in [0.15, 0.2) is 46.5 Å². The Morgan fingerprint density at radius 3 is 2.67 bits per heavy atom. The molecule has 0 aliphatic heterocycles. The molecule has 0 fully saturated rings. The third-order valence-electron chi connectivity index (χ3n) is 2.17. The molecule has 0 spiro atoms. The van der Waals surface area contributed by atoms with Crippen LogP contribution in [0.3, 0.4) is 0 Å². The topological polar surface area (TPSA) is 76.2 Å². The van der Waals surface area contributed by atoms with Gasteiger partial charge >= 0.3 is 5.97 Å². The minimum Gasteiger partial charge on any atom is -0.478 e. The van der Waals surface area contributed by atoms with E-state index in [1.807, 2.05) is 0 Å². The van der Waals surface area contributed by atoms with E-state index in [1.165, 1.54) is 23.9 Å². The van der Waals surface area contributed by atoms with Crippen molar-refractivity contribution in [3.63, 3.8) is 0 Å². The van der Waals surface area contributed by atoms with Crippen molar-refractivity contribution in [2.75, 3.05) is 5.73 Å². The maximum atomic E-state index is 10.8. The minimum absolute atomic E-state index is 0.168. The zero-order chi connectivity index (χ0) is 13.1. The van der Waals surface area contributed by atoms with Crippen molar-refractivity contribution in [1.82, 2.24) is 4.98 Å². The Bertz CT molecular complexity index is 587. The summed E-state index contributed by atoms with van der Waals surface area (Å²) in [6, 6.07) is 8.12. The number of carbonyl (C=O) groups is 1. The number of aromatic nitrogens is 1. The number of hydrogen-bond acceptors (Lipinski definition) is 4. The lowest BCUT2D eigenvalue weighted by Crippen LogP contribution is -1.98. The Morgan fingerprint density at radius 1 is 1.33 bits per heavy atom. The molecule has 0 radical (unpaired) electrons. The molecular formula is C12H9ClN2O2S. The second-order valence-electron chi connectivity index (χ2n) is 3.47. The molecule has 0 aliphatic rings. The van der Waals surface area contributed by atoms with E-state index in [1.54, 1.807) is 24.4 Å². The Hall–Kier alpha value is -1.72. The van der Waals surface area contributed by atoms with Gasteiger partial charge in [0.15, 0.2) is 0 Å². The van der Waals surface area contributed by atoms with Gasteiger partial charge in [-0.2, -0.15) is 0 Å². The fraction of sp³-hybridized carbons (Fsp3) is 0. The monoisotopic (exact) mass is 280 g/mol. The SMILES string of the molecule is Nc1cc(C(=O)O)ccc1Sc1ccc(Cl)cn1. The highest BCUT2D eigenvalue weighted by Crippen LogP contribution is 2.31. The number of hydrogen-bond donors (Lipinski definition) is 2. The first-order valence-electron chi connectivity index (χ1n) is 4.98. The molecule has 92 valence electrons. The van der Waals surface area contributed by atoms with Crippen molar-refractivity contribution in [2.24, 2.45) is 0 Å². The first kappa shape index (κ1) is 12.7. The third-order valence-corrected chi connectivity index (χ3v) is 3.44. The highest BCUT2D eigenvalue weighted by atomic mass is 35.5. The van der Waals surface area contributed by atoms with Gasteiger partial charge < -0.3 is 10.8 Å². The predicted molar refractivity (Wildman–Crippen MR) is 71.2 cm³/mol. The average molecular weight is 281 g/mol. The third kappa shape index (κ3) is 2.94. The van der Waals surface area contributed by atoms with E-state index in [0.717, 1.165) is 9.92 Å². The number of carboxylic acid groups (broad SMARTS) is 1. The van der Waals surface area contributed by atoms with Gasteiger partial charge in [-0.3, -0.25) is 0 Å². The molecule has 0 aliphatic carbocycles. The fourth-order valence-corrected chi connectivity index (χ4v) is 2.20. The van der Waals surface area contributed by atoms with Gasteiger partial charge in [-0.15, -0.1) is 0 Å². The molecule has 6 heteroatoms. The number of benzene rings is 1. The van der Waals surface area contributed by atoms with Gasteiger partial charge in [0.2, 0.25) is 0 Å². The zero-order valence-electron chi connectivity index (χ0n) is 9.13. The van der Waals surface area contributed by atoms with Crippen LogP contribution >= 0.6 is 23.4 Å². The van der Waals surface area contributed by atoms with Crippen molar-refractivity contribution in [1.29, 1.82) is 0 Å². The summed E-state index contributed by atoms with van der Waals surface area (Å²) >= 11 is 7.10. The van der Waals surface area contributed by atoms with Gasteiger partial charge in [0, 0.05) is 16.8 Å². The van der Waals surface area contributed by atoms with Gasteiger partial charge in [-0.1, -0.05) is 23.4 Å². The molecule has 4 nitrogen and oxygen atoms in total. The maximum Gasteiger partial charge on any atom is 0.335 e. The second-order valence-corrected chi connectivity index (χ2v) is 4.97. The summed E-state index contributed by atoms with van der Waals surface area (Å²) < 4.78 is 0. The van der Waals surface area contributed by atoms with Gasteiger partial charge in [0.25, 0.3) is 0 Å². The highest BCUT2D eigenvalue weighted by Gasteiger charge is 2.08. The summed E-state index contributed by atoms with van der Waals surface area (Å²) in [6.07, 6.45) is 1.55. The number of nitrogens with zero attached hydrogens (tertiary/aromatic N) is 1. The summed E-state index contributed by atoms with van der Waals surface area (Å²) in [5, 5.41) is 10.1. The smallest absolute Gasteiger partial charge is 0.335 e. The first-order valence-corrected chi connectivity index (χ1v) is 6.18. The minimum atomic E-state index is -0.997. The predicted octanol–water partition coefficient (Wildman–Crippen LogP) is 3.17. The Kier molecular flexibility index (Phi) is 3.74. The number of anilines is 1. The van der Waals surface area contributed by atoms with E-state index < -0.39 is 5.97 Å². The molecule has 1 heterocycles. The largest absolute Gasteiger partial charge is 0.478 e. The van der Waals surface area contributed by atoms with Crippen molar-refractivity contribution < 1.29 is 9.90 Å². The van der Waals surface area contributed by atoms with Crippen molar-refractivity contribution in [3.05, 3.63) is 47.1 Å². The van der Waals surface area contributed by atoms with E-state index in [-0.39, 0.29) is 5.56 Å². The quantitative estimate of drug-likeness (QED) is 0.845.